The molecule has 0 bridgehead atoms. The number of nitrogens with zero attached hydrogens (tertiary/aromatic N) is 2. The van der Waals surface area contributed by atoms with Crippen molar-refractivity contribution in [1.82, 2.24) is 4.90 Å². The van der Waals surface area contributed by atoms with Crippen LogP contribution in [0.25, 0.3) is 0 Å². The molecule has 0 radical (unpaired) electrons. The third-order valence-corrected chi connectivity index (χ3v) is 4.10. The fraction of sp³-hybridized carbons (Fsp3) is 0.471. The number of ketones is 1. The van der Waals surface area contributed by atoms with Gasteiger partial charge in [0.2, 0.25) is 5.91 Å². The van der Waals surface area contributed by atoms with E-state index in [9.17, 15) is 9.59 Å². The number of hydrogen-bond acceptors (Lipinski definition) is 3. The summed E-state index contributed by atoms with van der Waals surface area (Å²) in [5.74, 6) is -0.0184. The van der Waals surface area contributed by atoms with Crippen LogP contribution in [0.2, 0.25) is 0 Å². The van der Waals surface area contributed by atoms with Gasteiger partial charge in [0.1, 0.15) is 0 Å². The molecule has 0 aliphatic carbocycles. The normalized spacial score (nSPS) is 18.0. The van der Waals surface area contributed by atoms with Crippen molar-refractivity contribution in [2.75, 3.05) is 13.1 Å². The van der Waals surface area contributed by atoms with Crippen molar-refractivity contribution in [2.45, 2.75) is 33.1 Å². The van der Waals surface area contributed by atoms with Crippen LogP contribution in [0.3, 0.4) is 0 Å². The number of benzene rings is 1. The molecule has 4 heteroatoms. The average molecular weight is 284 g/mol. The number of carbonyl (C=O) groups is 2. The predicted molar refractivity (Wildman–Crippen MR) is 79.7 cm³/mol. The number of hydrogen-bond donors (Lipinski definition) is 0. The van der Waals surface area contributed by atoms with Gasteiger partial charge >= 0.3 is 0 Å². The summed E-state index contributed by atoms with van der Waals surface area (Å²) in [6, 6.07) is 8.57. The Kier molecular flexibility index (Phi) is 4.42. The van der Waals surface area contributed by atoms with Gasteiger partial charge in [0, 0.05) is 18.5 Å². The molecule has 21 heavy (non-hydrogen) atoms. The van der Waals surface area contributed by atoms with Crippen LogP contribution in [0.5, 0.6) is 0 Å². The summed E-state index contributed by atoms with van der Waals surface area (Å²) in [4.78, 5) is 26.0. The van der Waals surface area contributed by atoms with Crippen molar-refractivity contribution in [1.29, 1.82) is 5.26 Å². The zero-order valence-corrected chi connectivity index (χ0v) is 12.6. The number of rotatable bonds is 3. The van der Waals surface area contributed by atoms with Crippen LogP contribution >= 0.6 is 0 Å². The first-order valence-corrected chi connectivity index (χ1v) is 7.22. The molecule has 1 fully saturated rings. The van der Waals surface area contributed by atoms with Gasteiger partial charge in [0.05, 0.1) is 18.2 Å². The Labute approximate surface area is 125 Å². The lowest BCUT2D eigenvalue weighted by Crippen LogP contribution is -2.35. The largest absolute Gasteiger partial charge is 0.335 e. The molecular weight excluding hydrogens is 264 g/mol. The van der Waals surface area contributed by atoms with Gasteiger partial charge in [-0.1, -0.05) is 26.0 Å². The second-order valence-corrected chi connectivity index (χ2v) is 6.34. The smallest absolute Gasteiger partial charge is 0.222 e. The number of carbonyl (C=O) groups excluding carboxylic acids is 2. The summed E-state index contributed by atoms with van der Waals surface area (Å²) in [6.45, 7) is 5.08. The highest BCUT2D eigenvalue weighted by Crippen LogP contribution is 2.30. The molecule has 1 aromatic rings. The summed E-state index contributed by atoms with van der Waals surface area (Å²) in [5, 5.41) is 8.76. The van der Waals surface area contributed by atoms with E-state index < -0.39 is 0 Å². The number of likely N-dealkylation sites (tertiary alicyclic amines) is 1. The first-order valence-electron chi connectivity index (χ1n) is 7.22. The molecule has 4 nitrogen and oxygen atoms in total. The number of amides is 1. The standard InChI is InChI=1S/C17H20N2O2/c1-17(2)8-7-16(21)19(10-9-17)12-15(20)14-5-3-13(11-18)4-6-14/h3-6H,7-10,12H2,1-2H3. The highest BCUT2D eigenvalue weighted by atomic mass is 16.2. The quantitative estimate of drug-likeness (QED) is 0.802. The van der Waals surface area contributed by atoms with E-state index in [4.69, 9.17) is 5.26 Å². The summed E-state index contributed by atoms with van der Waals surface area (Å²) in [7, 11) is 0. The van der Waals surface area contributed by atoms with Crippen LogP contribution < -0.4 is 0 Å². The maximum absolute atomic E-state index is 12.3. The molecule has 110 valence electrons. The topological polar surface area (TPSA) is 61.2 Å². The Balaban J connectivity index is 2.04. The molecule has 1 aliphatic rings. The van der Waals surface area contributed by atoms with Crippen LogP contribution in [0.15, 0.2) is 24.3 Å². The Bertz CT molecular complexity index is 582. The lowest BCUT2D eigenvalue weighted by molar-refractivity contribution is -0.130. The van der Waals surface area contributed by atoms with Gasteiger partial charge in [0.25, 0.3) is 0 Å². The highest BCUT2D eigenvalue weighted by Gasteiger charge is 2.28. The van der Waals surface area contributed by atoms with Gasteiger partial charge < -0.3 is 4.90 Å². The van der Waals surface area contributed by atoms with E-state index in [0.29, 0.717) is 24.1 Å². The van der Waals surface area contributed by atoms with Crippen molar-refractivity contribution >= 4 is 11.7 Å². The average Bonchev–Trinajstić information content (AvgIpc) is 2.60. The van der Waals surface area contributed by atoms with Crippen molar-refractivity contribution < 1.29 is 9.59 Å². The van der Waals surface area contributed by atoms with E-state index >= 15 is 0 Å². The van der Waals surface area contributed by atoms with Gasteiger partial charge in [-0.05, 0) is 30.4 Å². The molecule has 0 N–H and O–H groups in total. The first-order chi connectivity index (χ1) is 9.91. The molecule has 0 atom stereocenters. The molecular formula is C17H20N2O2. The Hall–Kier alpha value is -2.15. The van der Waals surface area contributed by atoms with Gasteiger partial charge in [-0.2, -0.15) is 5.26 Å². The van der Waals surface area contributed by atoms with Crippen LogP contribution in [-0.2, 0) is 4.79 Å². The summed E-state index contributed by atoms with van der Waals surface area (Å²) in [5.41, 5.74) is 1.23. The van der Waals surface area contributed by atoms with E-state index in [1.165, 1.54) is 0 Å². The molecule has 1 aromatic carbocycles. The van der Waals surface area contributed by atoms with E-state index in [2.05, 4.69) is 13.8 Å². The van der Waals surface area contributed by atoms with Crippen molar-refractivity contribution in [3.8, 4) is 6.07 Å². The molecule has 1 amide bonds. The monoisotopic (exact) mass is 284 g/mol. The molecule has 0 unspecified atom stereocenters. The van der Waals surface area contributed by atoms with E-state index in [-0.39, 0.29) is 23.7 Å². The molecule has 0 spiro atoms. The zero-order chi connectivity index (χ0) is 15.5. The summed E-state index contributed by atoms with van der Waals surface area (Å²) >= 11 is 0. The second-order valence-electron chi connectivity index (χ2n) is 6.34. The molecule has 0 saturated carbocycles. The molecule has 2 rings (SSSR count). The minimum Gasteiger partial charge on any atom is -0.335 e. The maximum Gasteiger partial charge on any atom is 0.222 e. The molecule has 0 aromatic heterocycles. The minimum atomic E-state index is -0.0763. The third-order valence-electron chi connectivity index (χ3n) is 4.10. The number of nitriles is 1. The Morgan fingerprint density at radius 2 is 1.95 bits per heavy atom. The second kappa shape index (κ2) is 6.09. The van der Waals surface area contributed by atoms with Crippen molar-refractivity contribution in [2.24, 2.45) is 5.41 Å². The molecule has 1 aliphatic heterocycles. The van der Waals surface area contributed by atoms with Gasteiger partial charge in [-0.15, -0.1) is 0 Å². The zero-order valence-electron chi connectivity index (χ0n) is 12.6. The van der Waals surface area contributed by atoms with Crippen LogP contribution in [0.4, 0.5) is 0 Å². The highest BCUT2D eigenvalue weighted by molar-refractivity contribution is 5.99. The van der Waals surface area contributed by atoms with Crippen LogP contribution in [0.1, 0.15) is 49.0 Å². The van der Waals surface area contributed by atoms with Crippen LogP contribution in [-0.4, -0.2) is 29.7 Å². The van der Waals surface area contributed by atoms with Crippen molar-refractivity contribution in [3.63, 3.8) is 0 Å². The fourth-order valence-electron chi connectivity index (χ4n) is 2.45. The van der Waals surface area contributed by atoms with Gasteiger partial charge in [-0.25, -0.2) is 0 Å². The maximum atomic E-state index is 12.3. The molecule has 1 saturated heterocycles. The molecule has 1 heterocycles. The SMILES string of the molecule is CC1(C)CCC(=O)N(CC(=O)c2ccc(C#N)cc2)CC1. The third kappa shape index (κ3) is 3.91. The summed E-state index contributed by atoms with van der Waals surface area (Å²) in [6.07, 6.45) is 2.29. The van der Waals surface area contributed by atoms with E-state index in [0.717, 1.165) is 12.8 Å². The lowest BCUT2D eigenvalue weighted by Gasteiger charge is -2.23. The predicted octanol–water partition coefficient (Wildman–Crippen LogP) is 2.78. The van der Waals surface area contributed by atoms with E-state index in [1.807, 2.05) is 6.07 Å². The first kappa shape index (κ1) is 15.2. The minimum absolute atomic E-state index is 0.0579. The Morgan fingerprint density at radius 1 is 1.29 bits per heavy atom. The van der Waals surface area contributed by atoms with Gasteiger partial charge in [0.15, 0.2) is 5.78 Å². The number of Topliss-reactive ketones (excluding diaryl/α,β-unsaturated/α-hetero) is 1. The van der Waals surface area contributed by atoms with E-state index in [1.54, 1.807) is 29.2 Å². The van der Waals surface area contributed by atoms with Crippen LogP contribution in [0, 0.1) is 16.7 Å². The summed E-state index contributed by atoms with van der Waals surface area (Å²) < 4.78 is 0. The van der Waals surface area contributed by atoms with Gasteiger partial charge in [-0.3, -0.25) is 9.59 Å². The fourth-order valence-corrected chi connectivity index (χ4v) is 2.45. The Morgan fingerprint density at radius 3 is 2.57 bits per heavy atom. The van der Waals surface area contributed by atoms with Crippen molar-refractivity contribution in [3.05, 3.63) is 35.4 Å². The lowest BCUT2D eigenvalue weighted by atomic mass is 9.85.